The van der Waals surface area contributed by atoms with Crippen LogP contribution in [-0.4, -0.2) is 48.0 Å². The fourth-order valence-electron chi connectivity index (χ4n) is 2.83. The van der Waals surface area contributed by atoms with E-state index in [1.807, 2.05) is 18.2 Å². The number of methoxy groups -OCH3 is 5. The molecule has 0 heterocycles. The molecule has 0 saturated heterocycles. The van der Waals surface area contributed by atoms with Gasteiger partial charge in [0.15, 0.2) is 11.5 Å². The molecule has 0 unspecified atom stereocenters. The average molecular weight is 401 g/mol. The quantitative estimate of drug-likeness (QED) is 0.617. The molecule has 2 rings (SSSR count). The molecular formula is C22H27NO6. The zero-order chi connectivity index (χ0) is 21.2. The summed E-state index contributed by atoms with van der Waals surface area (Å²) in [5, 5.41) is 2.86. The van der Waals surface area contributed by atoms with Gasteiger partial charge in [0.1, 0.15) is 11.5 Å². The molecule has 0 aliphatic carbocycles. The van der Waals surface area contributed by atoms with Gasteiger partial charge in [-0.25, -0.2) is 0 Å². The van der Waals surface area contributed by atoms with Crippen LogP contribution >= 0.6 is 0 Å². The van der Waals surface area contributed by atoms with E-state index in [9.17, 15) is 4.79 Å². The summed E-state index contributed by atoms with van der Waals surface area (Å²) in [6.07, 6.45) is 3.76. The van der Waals surface area contributed by atoms with Crippen LogP contribution in [0, 0.1) is 0 Å². The highest BCUT2D eigenvalue weighted by Crippen LogP contribution is 2.38. The summed E-state index contributed by atoms with van der Waals surface area (Å²) < 4.78 is 26.5. The summed E-state index contributed by atoms with van der Waals surface area (Å²) in [7, 11) is 7.86. The topological polar surface area (TPSA) is 75.3 Å². The van der Waals surface area contributed by atoms with Crippen LogP contribution in [0.1, 0.15) is 11.1 Å². The van der Waals surface area contributed by atoms with Gasteiger partial charge in [0.05, 0.1) is 35.5 Å². The Balaban J connectivity index is 2.00. The van der Waals surface area contributed by atoms with E-state index < -0.39 is 0 Å². The van der Waals surface area contributed by atoms with E-state index in [4.69, 9.17) is 23.7 Å². The monoisotopic (exact) mass is 401 g/mol. The SMILES string of the molecule is COc1ccc(OC)c(CCNC(=O)/C=C/c2cc(OC)c(OC)c(OC)c2)c1. The summed E-state index contributed by atoms with van der Waals surface area (Å²) in [4.78, 5) is 12.2. The van der Waals surface area contributed by atoms with Crippen molar-refractivity contribution in [3.05, 3.63) is 47.5 Å². The predicted molar refractivity (Wildman–Crippen MR) is 111 cm³/mol. The first-order valence-electron chi connectivity index (χ1n) is 9.03. The third-order valence-electron chi connectivity index (χ3n) is 4.30. The summed E-state index contributed by atoms with van der Waals surface area (Å²) in [5.74, 6) is 2.85. The summed E-state index contributed by atoms with van der Waals surface area (Å²) in [6.45, 7) is 0.460. The zero-order valence-corrected chi connectivity index (χ0v) is 17.4. The minimum Gasteiger partial charge on any atom is -0.497 e. The lowest BCUT2D eigenvalue weighted by Crippen LogP contribution is -2.23. The predicted octanol–water partition coefficient (Wildman–Crippen LogP) is 3.10. The maximum Gasteiger partial charge on any atom is 0.244 e. The highest BCUT2D eigenvalue weighted by atomic mass is 16.5. The van der Waals surface area contributed by atoms with Crippen LogP contribution in [-0.2, 0) is 11.2 Å². The normalized spacial score (nSPS) is 10.5. The van der Waals surface area contributed by atoms with E-state index in [1.165, 1.54) is 6.08 Å². The lowest BCUT2D eigenvalue weighted by atomic mass is 10.1. The third-order valence-corrected chi connectivity index (χ3v) is 4.30. The van der Waals surface area contributed by atoms with Crippen molar-refractivity contribution in [3.63, 3.8) is 0 Å². The van der Waals surface area contributed by atoms with Gasteiger partial charge in [-0.05, 0) is 54.0 Å². The van der Waals surface area contributed by atoms with Crippen molar-refractivity contribution >= 4 is 12.0 Å². The van der Waals surface area contributed by atoms with E-state index in [0.29, 0.717) is 30.2 Å². The van der Waals surface area contributed by atoms with Gasteiger partial charge in [0.2, 0.25) is 11.7 Å². The highest BCUT2D eigenvalue weighted by molar-refractivity contribution is 5.91. The highest BCUT2D eigenvalue weighted by Gasteiger charge is 2.12. The summed E-state index contributed by atoms with van der Waals surface area (Å²) >= 11 is 0. The van der Waals surface area contributed by atoms with Gasteiger partial charge in [-0.3, -0.25) is 4.79 Å². The molecule has 1 N–H and O–H groups in total. The Morgan fingerprint density at radius 2 is 1.52 bits per heavy atom. The van der Waals surface area contributed by atoms with Gasteiger partial charge >= 0.3 is 0 Å². The molecule has 7 nitrogen and oxygen atoms in total. The largest absolute Gasteiger partial charge is 0.497 e. The molecule has 1 amide bonds. The lowest BCUT2D eigenvalue weighted by molar-refractivity contribution is -0.116. The maximum atomic E-state index is 12.2. The van der Waals surface area contributed by atoms with Gasteiger partial charge < -0.3 is 29.0 Å². The van der Waals surface area contributed by atoms with Crippen LogP contribution in [0.3, 0.4) is 0 Å². The Bertz CT molecular complexity index is 837. The van der Waals surface area contributed by atoms with Crippen LogP contribution in [0.2, 0.25) is 0 Å². The van der Waals surface area contributed by atoms with E-state index in [0.717, 1.165) is 22.6 Å². The Morgan fingerprint density at radius 3 is 2.07 bits per heavy atom. The van der Waals surface area contributed by atoms with Crippen molar-refractivity contribution in [3.8, 4) is 28.7 Å². The molecule has 0 saturated carbocycles. The number of nitrogens with one attached hydrogen (secondary N) is 1. The first kappa shape index (κ1) is 21.9. The molecule has 0 aliphatic rings. The molecule has 29 heavy (non-hydrogen) atoms. The van der Waals surface area contributed by atoms with Crippen LogP contribution < -0.4 is 29.0 Å². The van der Waals surface area contributed by atoms with E-state index in [-0.39, 0.29) is 5.91 Å². The van der Waals surface area contributed by atoms with E-state index in [2.05, 4.69) is 5.32 Å². The second-order valence-corrected chi connectivity index (χ2v) is 6.01. The Kier molecular flexibility index (Phi) is 8.21. The van der Waals surface area contributed by atoms with E-state index in [1.54, 1.807) is 53.8 Å². The molecule has 0 radical (unpaired) electrons. The van der Waals surface area contributed by atoms with Crippen molar-refractivity contribution in [1.29, 1.82) is 0 Å². The molecule has 0 aromatic heterocycles. The fraction of sp³-hybridized carbons (Fsp3) is 0.318. The van der Waals surface area contributed by atoms with Crippen molar-refractivity contribution in [2.75, 3.05) is 42.1 Å². The Labute approximate surface area is 171 Å². The second-order valence-electron chi connectivity index (χ2n) is 6.01. The van der Waals surface area contributed by atoms with Crippen LogP contribution in [0.15, 0.2) is 36.4 Å². The number of benzene rings is 2. The molecule has 156 valence electrons. The molecule has 0 spiro atoms. The molecule has 0 fully saturated rings. The zero-order valence-electron chi connectivity index (χ0n) is 17.4. The number of amides is 1. The fourth-order valence-corrected chi connectivity index (χ4v) is 2.83. The number of rotatable bonds is 10. The van der Waals surface area contributed by atoms with Gasteiger partial charge in [-0.15, -0.1) is 0 Å². The van der Waals surface area contributed by atoms with Crippen molar-refractivity contribution in [2.24, 2.45) is 0 Å². The first-order valence-corrected chi connectivity index (χ1v) is 9.03. The molecule has 0 bridgehead atoms. The van der Waals surface area contributed by atoms with Crippen molar-refractivity contribution in [1.82, 2.24) is 5.32 Å². The van der Waals surface area contributed by atoms with Crippen LogP contribution in [0.4, 0.5) is 0 Å². The average Bonchev–Trinajstić information content (AvgIpc) is 2.76. The summed E-state index contributed by atoms with van der Waals surface area (Å²) in [6, 6.07) is 9.12. The molecule has 2 aromatic rings. The van der Waals surface area contributed by atoms with E-state index >= 15 is 0 Å². The Hall–Kier alpha value is -3.35. The molecule has 0 aliphatic heterocycles. The van der Waals surface area contributed by atoms with Crippen molar-refractivity contribution < 1.29 is 28.5 Å². The minimum absolute atomic E-state index is 0.208. The minimum atomic E-state index is -0.208. The number of hydrogen-bond acceptors (Lipinski definition) is 6. The van der Waals surface area contributed by atoms with Crippen LogP contribution in [0.5, 0.6) is 28.7 Å². The van der Waals surface area contributed by atoms with Gasteiger partial charge in [-0.2, -0.15) is 0 Å². The standard InChI is InChI=1S/C22H27NO6/c1-25-17-7-8-18(26-2)16(14-17)10-11-23-21(24)9-6-15-12-19(27-3)22(29-5)20(13-15)28-4/h6-9,12-14H,10-11H2,1-5H3,(H,23,24)/b9-6+. The molecule has 0 atom stereocenters. The number of carbonyl (C=O) groups excluding carboxylic acids is 1. The molecule has 2 aromatic carbocycles. The molecular weight excluding hydrogens is 374 g/mol. The van der Waals surface area contributed by atoms with Crippen LogP contribution in [0.25, 0.3) is 6.08 Å². The second kappa shape index (κ2) is 10.8. The summed E-state index contributed by atoms with van der Waals surface area (Å²) in [5.41, 5.74) is 1.71. The maximum absolute atomic E-state index is 12.2. The number of hydrogen-bond donors (Lipinski definition) is 1. The number of ether oxygens (including phenoxy) is 5. The van der Waals surface area contributed by atoms with Gasteiger partial charge in [-0.1, -0.05) is 0 Å². The Morgan fingerprint density at radius 1 is 0.862 bits per heavy atom. The smallest absolute Gasteiger partial charge is 0.244 e. The third kappa shape index (κ3) is 5.81. The molecule has 7 heteroatoms. The first-order chi connectivity index (χ1) is 14.1. The van der Waals surface area contributed by atoms with Gasteiger partial charge in [0, 0.05) is 12.6 Å². The van der Waals surface area contributed by atoms with Gasteiger partial charge in [0.25, 0.3) is 0 Å². The van der Waals surface area contributed by atoms with Crippen molar-refractivity contribution in [2.45, 2.75) is 6.42 Å². The lowest BCUT2D eigenvalue weighted by Gasteiger charge is -2.12. The number of carbonyl (C=O) groups is 1.